The van der Waals surface area contributed by atoms with Crippen LogP contribution in [0.1, 0.15) is 22.8 Å². The number of amides is 1. The molecule has 0 aromatic heterocycles. The van der Waals surface area contributed by atoms with Crippen molar-refractivity contribution in [3.8, 4) is 17.2 Å². The fraction of sp³-hybridized carbons (Fsp3) is 0.350. The Bertz CT molecular complexity index is 732. The number of nitrogens with one attached hydrogen (secondary N) is 1. The van der Waals surface area contributed by atoms with Crippen LogP contribution < -0.4 is 19.5 Å². The third-order valence-corrected chi connectivity index (χ3v) is 3.79. The number of carbonyl (C=O) groups excluding carboxylic acids is 1. The first-order chi connectivity index (χ1) is 12.6. The molecule has 0 aliphatic rings. The smallest absolute Gasteiger partial charge is 0.251 e. The molecule has 0 radical (unpaired) electrons. The summed E-state index contributed by atoms with van der Waals surface area (Å²) < 4.78 is 21.6. The van der Waals surface area contributed by atoms with Gasteiger partial charge in [0.1, 0.15) is 12.4 Å². The Morgan fingerprint density at radius 2 is 1.69 bits per heavy atom. The Labute approximate surface area is 154 Å². The number of methoxy groups -OCH3 is 3. The molecule has 0 heterocycles. The number of ether oxygens (including phenoxy) is 4. The van der Waals surface area contributed by atoms with Gasteiger partial charge in [-0.1, -0.05) is 12.1 Å². The average Bonchev–Trinajstić information content (AvgIpc) is 2.66. The van der Waals surface area contributed by atoms with E-state index >= 15 is 0 Å². The summed E-state index contributed by atoms with van der Waals surface area (Å²) in [5, 5.41) is 2.89. The van der Waals surface area contributed by atoms with Crippen LogP contribution in [-0.2, 0) is 11.3 Å². The predicted molar refractivity (Wildman–Crippen MR) is 99.1 cm³/mol. The summed E-state index contributed by atoms with van der Waals surface area (Å²) in [6.45, 7) is 2.58. The molecule has 0 spiro atoms. The minimum absolute atomic E-state index is 0.0807. The lowest BCUT2D eigenvalue weighted by molar-refractivity contribution is 0.0905. The van der Waals surface area contributed by atoms with Gasteiger partial charge in [-0.05, 0) is 37.3 Å². The average molecular weight is 359 g/mol. The molecule has 1 atom stereocenters. The van der Waals surface area contributed by atoms with E-state index in [1.165, 1.54) is 0 Å². The van der Waals surface area contributed by atoms with E-state index in [1.54, 1.807) is 39.5 Å². The lowest BCUT2D eigenvalue weighted by Crippen LogP contribution is -2.35. The molecule has 0 aliphatic carbocycles. The molecular weight excluding hydrogens is 334 g/mol. The number of hydrogen-bond acceptors (Lipinski definition) is 5. The molecule has 6 heteroatoms. The van der Waals surface area contributed by atoms with Gasteiger partial charge >= 0.3 is 0 Å². The predicted octanol–water partition coefficient (Wildman–Crippen LogP) is 3.05. The van der Waals surface area contributed by atoms with Gasteiger partial charge in [0, 0.05) is 24.3 Å². The second-order valence-electron chi connectivity index (χ2n) is 5.80. The molecule has 1 N–H and O–H groups in total. The molecule has 26 heavy (non-hydrogen) atoms. The van der Waals surface area contributed by atoms with Crippen molar-refractivity contribution in [1.29, 1.82) is 0 Å². The summed E-state index contributed by atoms with van der Waals surface area (Å²) in [5.74, 6) is 1.76. The second kappa shape index (κ2) is 9.68. The highest BCUT2D eigenvalue weighted by atomic mass is 16.5. The molecule has 0 bridgehead atoms. The molecule has 2 aromatic rings. The van der Waals surface area contributed by atoms with Crippen molar-refractivity contribution >= 4 is 5.91 Å². The first-order valence-electron chi connectivity index (χ1n) is 8.31. The number of benzene rings is 2. The minimum Gasteiger partial charge on any atom is -0.496 e. The van der Waals surface area contributed by atoms with Gasteiger partial charge in [-0.3, -0.25) is 4.79 Å². The van der Waals surface area contributed by atoms with Crippen molar-refractivity contribution in [3.05, 3.63) is 53.6 Å². The Balaban J connectivity index is 2.15. The van der Waals surface area contributed by atoms with Crippen molar-refractivity contribution in [2.45, 2.75) is 19.6 Å². The lowest BCUT2D eigenvalue weighted by atomic mass is 10.1. The third kappa shape index (κ3) is 5.13. The highest BCUT2D eigenvalue weighted by molar-refractivity contribution is 5.94. The molecule has 0 saturated heterocycles. The lowest BCUT2D eigenvalue weighted by Gasteiger charge is -2.15. The SMILES string of the molecule is COC[C@@H](C)NC(=O)c1ccc(OC)c(COc2ccccc2OC)c1. The van der Waals surface area contributed by atoms with Crippen LogP contribution in [0.3, 0.4) is 0 Å². The van der Waals surface area contributed by atoms with E-state index in [0.717, 1.165) is 5.56 Å². The van der Waals surface area contributed by atoms with E-state index in [1.807, 2.05) is 31.2 Å². The molecule has 0 fully saturated rings. The normalized spacial score (nSPS) is 11.5. The summed E-state index contributed by atoms with van der Waals surface area (Å²) in [6.07, 6.45) is 0. The van der Waals surface area contributed by atoms with Crippen LogP contribution in [0.5, 0.6) is 17.2 Å². The first kappa shape index (κ1) is 19.6. The topological polar surface area (TPSA) is 66.0 Å². The third-order valence-electron chi connectivity index (χ3n) is 3.79. The fourth-order valence-corrected chi connectivity index (χ4v) is 2.52. The van der Waals surface area contributed by atoms with Gasteiger partial charge in [-0.25, -0.2) is 0 Å². The Kier molecular flexibility index (Phi) is 7.29. The van der Waals surface area contributed by atoms with E-state index in [0.29, 0.717) is 29.4 Å². The maximum Gasteiger partial charge on any atom is 0.251 e. The number of carbonyl (C=O) groups is 1. The molecule has 2 rings (SSSR count). The van der Waals surface area contributed by atoms with Crippen LogP contribution >= 0.6 is 0 Å². The maximum absolute atomic E-state index is 12.4. The Morgan fingerprint density at radius 3 is 2.35 bits per heavy atom. The zero-order chi connectivity index (χ0) is 18.9. The maximum atomic E-state index is 12.4. The Morgan fingerprint density at radius 1 is 1.00 bits per heavy atom. The standard InChI is InChI=1S/C20H25NO5/c1-14(12-23-2)21-20(22)15-9-10-17(24-3)16(11-15)13-26-19-8-6-5-7-18(19)25-4/h5-11,14H,12-13H2,1-4H3,(H,21,22)/t14-/m1/s1. The summed E-state index contributed by atoms with van der Waals surface area (Å²) in [5.41, 5.74) is 1.30. The van der Waals surface area contributed by atoms with Gasteiger partial charge in [-0.2, -0.15) is 0 Å². The van der Waals surface area contributed by atoms with Gasteiger partial charge in [0.2, 0.25) is 0 Å². The first-order valence-corrected chi connectivity index (χ1v) is 8.31. The van der Waals surface area contributed by atoms with Gasteiger partial charge in [0.25, 0.3) is 5.91 Å². The fourth-order valence-electron chi connectivity index (χ4n) is 2.52. The Hall–Kier alpha value is -2.73. The van der Waals surface area contributed by atoms with Crippen molar-refractivity contribution in [2.24, 2.45) is 0 Å². The molecule has 2 aromatic carbocycles. The highest BCUT2D eigenvalue weighted by Crippen LogP contribution is 2.28. The van der Waals surface area contributed by atoms with E-state index < -0.39 is 0 Å². The minimum atomic E-state index is -0.171. The summed E-state index contributed by atoms with van der Waals surface area (Å²) in [4.78, 5) is 12.4. The molecule has 1 amide bonds. The summed E-state index contributed by atoms with van der Waals surface area (Å²) in [7, 11) is 4.78. The van der Waals surface area contributed by atoms with Crippen molar-refractivity contribution in [3.63, 3.8) is 0 Å². The van der Waals surface area contributed by atoms with Crippen LogP contribution in [0.15, 0.2) is 42.5 Å². The van der Waals surface area contributed by atoms with Gasteiger partial charge in [-0.15, -0.1) is 0 Å². The van der Waals surface area contributed by atoms with Crippen LogP contribution in [0.2, 0.25) is 0 Å². The van der Waals surface area contributed by atoms with Crippen LogP contribution in [-0.4, -0.2) is 39.9 Å². The van der Waals surface area contributed by atoms with E-state index in [4.69, 9.17) is 18.9 Å². The van der Waals surface area contributed by atoms with E-state index in [2.05, 4.69) is 5.32 Å². The summed E-state index contributed by atoms with van der Waals surface area (Å²) >= 11 is 0. The van der Waals surface area contributed by atoms with Gasteiger partial charge in [0.15, 0.2) is 11.5 Å². The van der Waals surface area contributed by atoms with Crippen LogP contribution in [0.25, 0.3) is 0 Å². The quantitative estimate of drug-likeness (QED) is 0.745. The van der Waals surface area contributed by atoms with Crippen molar-refractivity contribution < 1.29 is 23.7 Å². The zero-order valence-electron chi connectivity index (χ0n) is 15.6. The van der Waals surface area contributed by atoms with Crippen LogP contribution in [0.4, 0.5) is 0 Å². The largest absolute Gasteiger partial charge is 0.496 e. The summed E-state index contributed by atoms with van der Waals surface area (Å²) in [6, 6.07) is 12.6. The molecule has 0 unspecified atom stereocenters. The highest BCUT2D eigenvalue weighted by Gasteiger charge is 2.14. The molecule has 0 aliphatic heterocycles. The van der Waals surface area contributed by atoms with Crippen LogP contribution in [0, 0.1) is 0 Å². The van der Waals surface area contributed by atoms with E-state index in [-0.39, 0.29) is 18.6 Å². The number of hydrogen-bond donors (Lipinski definition) is 1. The molecule has 0 saturated carbocycles. The van der Waals surface area contributed by atoms with Crippen molar-refractivity contribution in [1.82, 2.24) is 5.32 Å². The van der Waals surface area contributed by atoms with Gasteiger partial charge < -0.3 is 24.3 Å². The number of para-hydroxylation sites is 2. The number of rotatable bonds is 9. The van der Waals surface area contributed by atoms with Gasteiger partial charge in [0.05, 0.1) is 20.8 Å². The second-order valence-corrected chi connectivity index (χ2v) is 5.80. The van der Waals surface area contributed by atoms with E-state index in [9.17, 15) is 4.79 Å². The monoisotopic (exact) mass is 359 g/mol. The zero-order valence-corrected chi connectivity index (χ0v) is 15.6. The molecule has 140 valence electrons. The molecule has 6 nitrogen and oxygen atoms in total. The van der Waals surface area contributed by atoms with Crippen molar-refractivity contribution in [2.75, 3.05) is 27.9 Å². The molecular formula is C20H25NO5.